The van der Waals surface area contributed by atoms with E-state index in [1.54, 1.807) is 24.3 Å². The van der Waals surface area contributed by atoms with Crippen LogP contribution in [-0.2, 0) is 11.3 Å². The molecule has 2 rings (SSSR count). The molecule has 1 aliphatic heterocycles. The van der Waals surface area contributed by atoms with Crippen LogP contribution in [0.5, 0.6) is 0 Å². The minimum Gasteiger partial charge on any atom is -0.481 e. The molecule has 1 aromatic heterocycles. The van der Waals surface area contributed by atoms with Gasteiger partial charge in [-0.15, -0.1) is 0 Å². The Morgan fingerprint density at radius 3 is 2.74 bits per heavy atom. The van der Waals surface area contributed by atoms with Gasteiger partial charge in [0.25, 0.3) is 0 Å². The molecule has 1 fully saturated rings. The average molecular weight is 266 g/mol. The number of rotatable bonds is 3. The number of carbonyl (C=O) groups excluding carboxylic acids is 1. The van der Waals surface area contributed by atoms with Crippen molar-refractivity contribution in [2.24, 2.45) is 5.41 Å². The van der Waals surface area contributed by atoms with E-state index in [9.17, 15) is 9.59 Å². The minimum atomic E-state index is -0.787. The number of carboxylic acids is 1. The number of hydrogen-bond donors (Lipinski definition) is 3. The topological polar surface area (TPSA) is 98.3 Å². The van der Waals surface area contributed by atoms with Gasteiger partial charge in [0.2, 0.25) is 0 Å². The van der Waals surface area contributed by atoms with Crippen molar-refractivity contribution in [3.05, 3.63) is 18.2 Å². The van der Waals surface area contributed by atoms with E-state index in [0.29, 0.717) is 32.5 Å². The number of aromatic amines is 1. The fraction of sp³-hybridized carbons (Fsp3) is 0.583. The maximum atomic E-state index is 11.9. The molecule has 0 unspecified atom stereocenters. The summed E-state index contributed by atoms with van der Waals surface area (Å²) < 4.78 is 0. The summed E-state index contributed by atoms with van der Waals surface area (Å²) in [5.74, 6) is -0.787. The molecule has 19 heavy (non-hydrogen) atoms. The molecule has 1 saturated heterocycles. The van der Waals surface area contributed by atoms with Crippen molar-refractivity contribution < 1.29 is 14.7 Å². The maximum Gasteiger partial charge on any atom is 0.317 e. The van der Waals surface area contributed by atoms with E-state index in [0.717, 1.165) is 5.69 Å². The van der Waals surface area contributed by atoms with Gasteiger partial charge >= 0.3 is 12.0 Å². The molecular formula is C12H18N4O3. The molecule has 0 bridgehead atoms. The molecule has 7 heteroatoms. The van der Waals surface area contributed by atoms with E-state index in [-0.39, 0.29) is 6.03 Å². The van der Waals surface area contributed by atoms with Gasteiger partial charge in [0, 0.05) is 19.3 Å². The second-order valence-electron chi connectivity index (χ2n) is 5.09. The summed E-state index contributed by atoms with van der Waals surface area (Å²) in [5, 5.41) is 11.9. The Labute approximate surface area is 111 Å². The molecule has 2 heterocycles. The summed E-state index contributed by atoms with van der Waals surface area (Å²) in [6.07, 6.45) is 4.18. The van der Waals surface area contributed by atoms with Crippen molar-refractivity contribution in [3.63, 3.8) is 0 Å². The van der Waals surface area contributed by atoms with Crippen molar-refractivity contribution in [1.29, 1.82) is 0 Å². The van der Waals surface area contributed by atoms with E-state index >= 15 is 0 Å². The van der Waals surface area contributed by atoms with Crippen LogP contribution in [0.4, 0.5) is 4.79 Å². The quantitative estimate of drug-likeness (QED) is 0.753. The number of urea groups is 1. The van der Waals surface area contributed by atoms with Crippen molar-refractivity contribution in [2.75, 3.05) is 13.1 Å². The second-order valence-corrected chi connectivity index (χ2v) is 5.09. The van der Waals surface area contributed by atoms with Crippen LogP contribution in [-0.4, -0.2) is 45.1 Å². The van der Waals surface area contributed by atoms with Crippen LogP contribution >= 0.6 is 0 Å². The summed E-state index contributed by atoms with van der Waals surface area (Å²) >= 11 is 0. The Hall–Kier alpha value is -2.05. The molecule has 1 aliphatic rings. The van der Waals surface area contributed by atoms with E-state index < -0.39 is 11.4 Å². The van der Waals surface area contributed by atoms with Crippen LogP contribution in [0.1, 0.15) is 25.5 Å². The minimum absolute atomic E-state index is 0.165. The number of aromatic nitrogens is 2. The van der Waals surface area contributed by atoms with Crippen LogP contribution in [0, 0.1) is 5.41 Å². The number of hydrogen-bond acceptors (Lipinski definition) is 3. The van der Waals surface area contributed by atoms with Gasteiger partial charge < -0.3 is 20.3 Å². The number of piperidine rings is 1. The third-order valence-electron chi connectivity index (χ3n) is 3.66. The Morgan fingerprint density at radius 2 is 2.21 bits per heavy atom. The Balaban J connectivity index is 1.81. The molecular weight excluding hydrogens is 248 g/mol. The number of nitrogens with zero attached hydrogens (tertiary/aromatic N) is 2. The lowest BCUT2D eigenvalue weighted by molar-refractivity contribution is -0.150. The van der Waals surface area contributed by atoms with E-state index in [2.05, 4.69) is 15.3 Å². The molecule has 0 saturated carbocycles. The van der Waals surface area contributed by atoms with Gasteiger partial charge in [-0.25, -0.2) is 9.78 Å². The normalized spacial score (nSPS) is 18.1. The van der Waals surface area contributed by atoms with Gasteiger partial charge in [-0.1, -0.05) is 0 Å². The lowest BCUT2D eigenvalue weighted by atomic mass is 9.80. The number of aliphatic carboxylic acids is 1. The van der Waals surface area contributed by atoms with Gasteiger partial charge in [0.05, 0.1) is 24.0 Å². The number of imidazole rings is 1. The first-order chi connectivity index (χ1) is 9.01. The predicted molar refractivity (Wildman–Crippen MR) is 67.4 cm³/mol. The molecule has 0 radical (unpaired) electrons. The summed E-state index contributed by atoms with van der Waals surface area (Å²) in [7, 11) is 0. The summed E-state index contributed by atoms with van der Waals surface area (Å²) in [4.78, 5) is 31.4. The molecule has 0 aromatic carbocycles. The predicted octanol–water partition coefficient (Wildman–Crippen LogP) is 0.806. The Morgan fingerprint density at radius 1 is 1.53 bits per heavy atom. The van der Waals surface area contributed by atoms with Crippen molar-refractivity contribution >= 4 is 12.0 Å². The third kappa shape index (κ3) is 3.04. The van der Waals surface area contributed by atoms with Crippen LogP contribution in [0.2, 0.25) is 0 Å². The average Bonchev–Trinajstić information content (AvgIpc) is 2.90. The first kappa shape index (κ1) is 13.4. The fourth-order valence-electron chi connectivity index (χ4n) is 2.08. The van der Waals surface area contributed by atoms with E-state index in [1.807, 2.05) is 0 Å². The number of amides is 2. The standard InChI is InChI=1S/C12H18N4O3/c1-12(10(17)18)2-4-16(5-3-12)11(19)14-7-9-6-13-8-15-9/h6,8H,2-5,7H2,1H3,(H,13,15)(H,14,19)(H,17,18). The van der Waals surface area contributed by atoms with Crippen LogP contribution in [0.3, 0.4) is 0 Å². The van der Waals surface area contributed by atoms with Gasteiger partial charge in [-0.3, -0.25) is 4.79 Å². The molecule has 0 spiro atoms. The summed E-state index contributed by atoms with van der Waals surface area (Å²) in [6, 6.07) is -0.165. The maximum absolute atomic E-state index is 11.9. The molecule has 7 nitrogen and oxygen atoms in total. The highest BCUT2D eigenvalue weighted by Gasteiger charge is 2.37. The van der Waals surface area contributed by atoms with Gasteiger partial charge in [0.15, 0.2) is 0 Å². The largest absolute Gasteiger partial charge is 0.481 e. The van der Waals surface area contributed by atoms with Crippen LogP contribution in [0.25, 0.3) is 0 Å². The smallest absolute Gasteiger partial charge is 0.317 e. The lowest BCUT2D eigenvalue weighted by Crippen LogP contribution is -2.48. The molecule has 1 aromatic rings. The second kappa shape index (κ2) is 5.29. The zero-order valence-electron chi connectivity index (χ0n) is 10.8. The SMILES string of the molecule is CC1(C(=O)O)CCN(C(=O)NCc2cnc[nH]2)CC1. The highest BCUT2D eigenvalue weighted by atomic mass is 16.4. The molecule has 0 aliphatic carbocycles. The summed E-state index contributed by atoms with van der Waals surface area (Å²) in [5.41, 5.74) is 0.126. The lowest BCUT2D eigenvalue weighted by Gasteiger charge is -2.36. The van der Waals surface area contributed by atoms with Crippen molar-refractivity contribution in [3.8, 4) is 0 Å². The first-order valence-corrected chi connectivity index (χ1v) is 6.25. The number of carbonyl (C=O) groups is 2. The van der Waals surface area contributed by atoms with Crippen LogP contribution in [0.15, 0.2) is 12.5 Å². The summed E-state index contributed by atoms with van der Waals surface area (Å²) in [6.45, 7) is 3.07. The molecule has 3 N–H and O–H groups in total. The van der Waals surface area contributed by atoms with Crippen LogP contribution < -0.4 is 5.32 Å². The number of nitrogens with one attached hydrogen (secondary N) is 2. The Bertz CT molecular complexity index is 450. The number of carboxylic acid groups (broad SMARTS) is 1. The van der Waals surface area contributed by atoms with Gasteiger partial charge in [0.1, 0.15) is 0 Å². The van der Waals surface area contributed by atoms with Gasteiger partial charge in [-0.05, 0) is 19.8 Å². The van der Waals surface area contributed by atoms with Crippen molar-refractivity contribution in [2.45, 2.75) is 26.3 Å². The third-order valence-corrected chi connectivity index (χ3v) is 3.66. The first-order valence-electron chi connectivity index (χ1n) is 6.25. The number of H-pyrrole nitrogens is 1. The monoisotopic (exact) mass is 266 g/mol. The number of likely N-dealkylation sites (tertiary alicyclic amines) is 1. The zero-order chi connectivity index (χ0) is 13.9. The highest BCUT2D eigenvalue weighted by Crippen LogP contribution is 2.30. The molecule has 104 valence electrons. The highest BCUT2D eigenvalue weighted by molar-refractivity contribution is 5.76. The van der Waals surface area contributed by atoms with Gasteiger partial charge in [-0.2, -0.15) is 0 Å². The molecule has 0 atom stereocenters. The Kier molecular flexibility index (Phi) is 3.73. The van der Waals surface area contributed by atoms with E-state index in [1.165, 1.54) is 0 Å². The zero-order valence-corrected chi connectivity index (χ0v) is 10.8. The molecule has 2 amide bonds. The van der Waals surface area contributed by atoms with E-state index in [4.69, 9.17) is 5.11 Å². The fourth-order valence-corrected chi connectivity index (χ4v) is 2.08. The van der Waals surface area contributed by atoms with Crippen molar-refractivity contribution in [1.82, 2.24) is 20.2 Å².